The summed E-state index contributed by atoms with van der Waals surface area (Å²) in [5.41, 5.74) is 8.75. The number of nitrogens with one attached hydrogen (secondary N) is 1. The Morgan fingerprint density at radius 3 is 2.53 bits per heavy atom. The molecule has 1 atom stereocenters. The monoisotopic (exact) mass is 212 g/mol. The third-order valence-electron chi connectivity index (χ3n) is 3.45. The van der Waals surface area contributed by atoms with E-state index in [0.717, 1.165) is 18.8 Å². The minimum Gasteiger partial charge on any atom is -0.325 e. The van der Waals surface area contributed by atoms with Crippen molar-refractivity contribution in [3.63, 3.8) is 0 Å². The second-order valence-corrected chi connectivity index (χ2v) is 4.76. The Morgan fingerprint density at radius 1 is 1.47 bits per heavy atom. The first-order valence-electron chi connectivity index (χ1n) is 5.91. The summed E-state index contributed by atoms with van der Waals surface area (Å²) in [6.45, 7) is 6.29. The topological polar surface area (TPSA) is 47.3 Å². The Bertz CT molecular complexity index is 206. The highest BCUT2D eigenvalue weighted by molar-refractivity contribution is 4.93. The lowest BCUT2D eigenvalue weighted by Crippen LogP contribution is -2.52. The van der Waals surface area contributed by atoms with E-state index in [1.54, 1.807) is 0 Å². The van der Waals surface area contributed by atoms with Crippen LogP contribution in [0.15, 0.2) is 12.3 Å². The minimum atomic E-state index is -0.175. The Balaban J connectivity index is 2.55. The van der Waals surface area contributed by atoms with Crippen molar-refractivity contribution in [3.8, 4) is 0 Å². The Labute approximate surface area is 93.0 Å². The average molecular weight is 212 g/mol. The fraction of sp³-hybridized carbons (Fsp3) is 0.833. The largest absolute Gasteiger partial charge is 0.325 e. The van der Waals surface area contributed by atoms with Crippen molar-refractivity contribution in [2.24, 2.45) is 11.7 Å². The van der Waals surface area contributed by atoms with Crippen LogP contribution in [0.3, 0.4) is 0 Å². The SMILES string of the molecule is CC=CNOC1(C(C)N)CCC(C)CC1. The molecule has 1 aliphatic carbocycles. The molecule has 1 fully saturated rings. The van der Waals surface area contributed by atoms with Crippen molar-refractivity contribution in [2.75, 3.05) is 0 Å². The van der Waals surface area contributed by atoms with Gasteiger partial charge in [0.1, 0.15) is 5.60 Å². The Hall–Kier alpha value is -0.540. The molecule has 0 radical (unpaired) electrons. The van der Waals surface area contributed by atoms with Crippen molar-refractivity contribution in [2.45, 2.75) is 58.1 Å². The molecule has 15 heavy (non-hydrogen) atoms. The molecule has 1 unspecified atom stereocenters. The molecule has 0 saturated heterocycles. The third kappa shape index (κ3) is 3.21. The second kappa shape index (κ2) is 5.52. The molecule has 88 valence electrons. The van der Waals surface area contributed by atoms with Crippen LogP contribution in [0, 0.1) is 5.92 Å². The summed E-state index contributed by atoms with van der Waals surface area (Å²) < 4.78 is 0. The van der Waals surface area contributed by atoms with Gasteiger partial charge in [-0.25, -0.2) is 0 Å². The van der Waals surface area contributed by atoms with Gasteiger partial charge in [-0.3, -0.25) is 10.3 Å². The minimum absolute atomic E-state index is 0.0720. The number of nitrogens with two attached hydrogens (primary N) is 1. The predicted molar refractivity (Wildman–Crippen MR) is 63.0 cm³/mol. The van der Waals surface area contributed by atoms with Crippen LogP contribution >= 0.6 is 0 Å². The van der Waals surface area contributed by atoms with E-state index in [1.807, 2.05) is 26.1 Å². The van der Waals surface area contributed by atoms with Crippen LogP contribution in [0.4, 0.5) is 0 Å². The maximum Gasteiger partial charge on any atom is 0.111 e. The van der Waals surface area contributed by atoms with Gasteiger partial charge in [-0.15, -0.1) is 0 Å². The summed E-state index contributed by atoms with van der Waals surface area (Å²) in [4.78, 5) is 5.76. The van der Waals surface area contributed by atoms with Crippen molar-refractivity contribution < 1.29 is 4.84 Å². The van der Waals surface area contributed by atoms with Gasteiger partial charge in [0.15, 0.2) is 0 Å². The maximum atomic E-state index is 6.04. The van der Waals surface area contributed by atoms with Crippen LogP contribution in [0.5, 0.6) is 0 Å². The lowest BCUT2D eigenvalue weighted by molar-refractivity contribution is -0.127. The first-order chi connectivity index (χ1) is 7.10. The predicted octanol–water partition coefficient (Wildman–Crippen LogP) is 2.34. The first-order valence-corrected chi connectivity index (χ1v) is 5.91. The summed E-state index contributed by atoms with van der Waals surface area (Å²) in [5.74, 6) is 0.808. The van der Waals surface area contributed by atoms with Gasteiger partial charge in [-0.1, -0.05) is 13.0 Å². The van der Waals surface area contributed by atoms with E-state index in [4.69, 9.17) is 10.6 Å². The van der Waals surface area contributed by atoms with E-state index in [9.17, 15) is 0 Å². The molecular weight excluding hydrogens is 188 g/mol. The van der Waals surface area contributed by atoms with Gasteiger partial charge in [0.25, 0.3) is 0 Å². The summed E-state index contributed by atoms with van der Waals surface area (Å²) in [5, 5.41) is 0. The van der Waals surface area contributed by atoms with Crippen LogP contribution in [0.1, 0.15) is 46.5 Å². The Morgan fingerprint density at radius 2 is 2.07 bits per heavy atom. The van der Waals surface area contributed by atoms with Gasteiger partial charge in [0.05, 0.1) is 0 Å². The Kier molecular flexibility index (Phi) is 4.61. The van der Waals surface area contributed by atoms with Crippen molar-refractivity contribution in [1.82, 2.24) is 5.48 Å². The molecule has 0 aromatic heterocycles. The van der Waals surface area contributed by atoms with E-state index in [-0.39, 0.29) is 11.6 Å². The number of hydrogen-bond donors (Lipinski definition) is 2. The van der Waals surface area contributed by atoms with Crippen LogP contribution in [-0.2, 0) is 4.84 Å². The normalized spacial score (nSPS) is 34.3. The van der Waals surface area contributed by atoms with Gasteiger partial charge in [0.2, 0.25) is 0 Å². The number of rotatable bonds is 4. The fourth-order valence-electron chi connectivity index (χ4n) is 2.12. The van der Waals surface area contributed by atoms with E-state index in [0.29, 0.717) is 0 Å². The third-order valence-corrected chi connectivity index (χ3v) is 3.45. The standard InChI is InChI=1S/C12H24N2O/c1-4-9-14-15-12(11(3)13)7-5-10(2)6-8-12/h4,9-11,14H,5-8,13H2,1-3H3. The van der Waals surface area contributed by atoms with Gasteiger partial charge in [-0.2, -0.15) is 0 Å². The quantitative estimate of drug-likeness (QED) is 0.703. The maximum absolute atomic E-state index is 6.04. The zero-order chi connectivity index (χ0) is 11.3. The van der Waals surface area contributed by atoms with Gasteiger partial charge in [-0.05, 0) is 45.4 Å². The van der Waals surface area contributed by atoms with Crippen LogP contribution in [0.25, 0.3) is 0 Å². The highest BCUT2D eigenvalue weighted by Gasteiger charge is 2.39. The molecule has 1 rings (SSSR count). The molecule has 0 spiro atoms. The van der Waals surface area contributed by atoms with Gasteiger partial charge in [0, 0.05) is 12.2 Å². The summed E-state index contributed by atoms with van der Waals surface area (Å²) in [6, 6.07) is 0.0720. The molecule has 0 aromatic rings. The van der Waals surface area contributed by atoms with Crippen LogP contribution in [-0.4, -0.2) is 11.6 Å². The zero-order valence-electron chi connectivity index (χ0n) is 10.1. The summed E-state index contributed by atoms with van der Waals surface area (Å²) in [7, 11) is 0. The number of hydrogen-bond acceptors (Lipinski definition) is 3. The van der Waals surface area contributed by atoms with E-state index < -0.39 is 0 Å². The fourth-order valence-corrected chi connectivity index (χ4v) is 2.12. The lowest BCUT2D eigenvalue weighted by atomic mass is 9.76. The zero-order valence-corrected chi connectivity index (χ0v) is 10.1. The highest BCUT2D eigenvalue weighted by atomic mass is 16.7. The molecule has 0 amide bonds. The molecular formula is C12H24N2O. The van der Waals surface area contributed by atoms with Crippen molar-refractivity contribution in [3.05, 3.63) is 12.3 Å². The van der Waals surface area contributed by atoms with Gasteiger partial charge < -0.3 is 5.73 Å². The summed E-state index contributed by atoms with van der Waals surface area (Å²) in [6.07, 6.45) is 8.24. The molecule has 0 aromatic carbocycles. The molecule has 3 nitrogen and oxygen atoms in total. The molecule has 0 bridgehead atoms. The van der Waals surface area contributed by atoms with E-state index in [2.05, 4.69) is 12.4 Å². The molecule has 1 aliphatic rings. The highest BCUT2D eigenvalue weighted by Crippen LogP contribution is 2.35. The lowest BCUT2D eigenvalue weighted by Gasteiger charge is -2.41. The molecule has 0 aliphatic heterocycles. The number of hydroxylamine groups is 1. The van der Waals surface area contributed by atoms with Crippen molar-refractivity contribution >= 4 is 0 Å². The van der Waals surface area contributed by atoms with Gasteiger partial charge >= 0.3 is 0 Å². The first kappa shape index (κ1) is 12.5. The molecule has 3 heteroatoms. The average Bonchev–Trinajstić information content (AvgIpc) is 2.21. The number of allylic oxidation sites excluding steroid dienone is 1. The second-order valence-electron chi connectivity index (χ2n) is 4.76. The van der Waals surface area contributed by atoms with E-state index >= 15 is 0 Å². The van der Waals surface area contributed by atoms with Crippen molar-refractivity contribution in [1.29, 1.82) is 0 Å². The van der Waals surface area contributed by atoms with Crippen LogP contribution < -0.4 is 11.2 Å². The smallest absolute Gasteiger partial charge is 0.111 e. The molecule has 3 N–H and O–H groups in total. The molecule has 0 heterocycles. The summed E-state index contributed by atoms with van der Waals surface area (Å²) >= 11 is 0. The molecule has 1 saturated carbocycles. The van der Waals surface area contributed by atoms with Crippen LogP contribution in [0.2, 0.25) is 0 Å². The van der Waals surface area contributed by atoms with E-state index in [1.165, 1.54) is 12.8 Å².